The number of nitrogens with one attached hydrogen (secondary N) is 1. The molecule has 25 heavy (non-hydrogen) atoms. The van der Waals surface area contributed by atoms with Crippen LogP contribution in [0.1, 0.15) is 0 Å². The summed E-state index contributed by atoms with van der Waals surface area (Å²) in [7, 11) is 3.53. The van der Waals surface area contributed by atoms with Crippen LogP contribution in [0.3, 0.4) is 0 Å². The second kappa shape index (κ2) is 6.56. The van der Waals surface area contributed by atoms with Gasteiger partial charge < -0.3 is 19.7 Å². The molecular weight excluding hydrogens is 320 g/mol. The van der Waals surface area contributed by atoms with Crippen molar-refractivity contribution in [3.8, 4) is 5.75 Å². The van der Waals surface area contributed by atoms with E-state index >= 15 is 0 Å². The lowest BCUT2D eigenvalue weighted by Crippen LogP contribution is -2.37. The molecule has 1 fully saturated rings. The molecule has 0 unspecified atom stereocenters. The number of methoxy groups -OCH3 is 1. The van der Waals surface area contributed by atoms with Crippen molar-refractivity contribution in [2.45, 2.75) is 0 Å². The van der Waals surface area contributed by atoms with Crippen molar-refractivity contribution in [2.75, 3.05) is 43.6 Å². The lowest BCUT2D eigenvalue weighted by molar-refractivity contribution is 0.122. The van der Waals surface area contributed by atoms with Gasteiger partial charge in [-0.2, -0.15) is 15.1 Å². The number of hydrogen-bond acceptors (Lipinski definition) is 7. The van der Waals surface area contributed by atoms with Crippen LogP contribution in [0.25, 0.3) is 11.0 Å². The highest BCUT2D eigenvalue weighted by molar-refractivity contribution is 5.88. The van der Waals surface area contributed by atoms with Crippen LogP contribution in [0.15, 0.2) is 30.5 Å². The van der Waals surface area contributed by atoms with Gasteiger partial charge in [0.05, 0.1) is 31.9 Å². The van der Waals surface area contributed by atoms with Gasteiger partial charge in [0.1, 0.15) is 11.6 Å². The number of anilines is 3. The molecular formula is C17H20N6O2. The molecule has 0 amide bonds. The summed E-state index contributed by atoms with van der Waals surface area (Å²) in [4.78, 5) is 11.6. The van der Waals surface area contributed by atoms with Gasteiger partial charge in [0.15, 0.2) is 5.65 Å². The van der Waals surface area contributed by atoms with Crippen molar-refractivity contribution in [3.05, 3.63) is 30.5 Å². The Morgan fingerprint density at radius 3 is 2.84 bits per heavy atom. The fraction of sp³-hybridized carbons (Fsp3) is 0.353. The third-order valence-corrected chi connectivity index (χ3v) is 4.21. The van der Waals surface area contributed by atoms with Crippen molar-refractivity contribution in [2.24, 2.45) is 7.05 Å². The highest BCUT2D eigenvalue weighted by Gasteiger charge is 2.19. The Bertz CT molecular complexity index is 888. The summed E-state index contributed by atoms with van der Waals surface area (Å²) >= 11 is 0. The molecule has 0 bridgehead atoms. The molecule has 0 aliphatic carbocycles. The molecule has 4 rings (SSSR count). The fourth-order valence-electron chi connectivity index (χ4n) is 2.91. The van der Waals surface area contributed by atoms with Gasteiger partial charge >= 0.3 is 0 Å². The molecule has 1 aliphatic rings. The van der Waals surface area contributed by atoms with Crippen molar-refractivity contribution in [1.29, 1.82) is 0 Å². The average molecular weight is 340 g/mol. The molecule has 0 spiro atoms. The van der Waals surface area contributed by atoms with Crippen molar-refractivity contribution in [3.63, 3.8) is 0 Å². The van der Waals surface area contributed by atoms with E-state index in [0.29, 0.717) is 19.2 Å². The van der Waals surface area contributed by atoms with Crippen LogP contribution in [0.4, 0.5) is 17.5 Å². The van der Waals surface area contributed by atoms with E-state index in [1.54, 1.807) is 11.8 Å². The first kappa shape index (κ1) is 15.6. The van der Waals surface area contributed by atoms with Gasteiger partial charge in [-0.1, -0.05) is 6.07 Å². The maximum atomic E-state index is 5.45. The minimum Gasteiger partial charge on any atom is -0.497 e. The molecule has 8 heteroatoms. The van der Waals surface area contributed by atoms with Gasteiger partial charge in [-0.05, 0) is 12.1 Å². The van der Waals surface area contributed by atoms with E-state index in [0.717, 1.165) is 41.4 Å². The van der Waals surface area contributed by atoms with Crippen molar-refractivity contribution in [1.82, 2.24) is 19.7 Å². The molecule has 1 aliphatic heterocycles. The summed E-state index contributed by atoms with van der Waals surface area (Å²) in [6, 6.07) is 7.68. The molecule has 1 N–H and O–H groups in total. The molecule has 0 saturated carbocycles. The van der Waals surface area contributed by atoms with Crippen LogP contribution in [0, 0.1) is 0 Å². The Hall–Kier alpha value is -2.87. The monoisotopic (exact) mass is 340 g/mol. The normalized spacial score (nSPS) is 14.7. The van der Waals surface area contributed by atoms with Crippen LogP contribution in [-0.2, 0) is 11.8 Å². The van der Waals surface area contributed by atoms with Gasteiger partial charge in [-0.25, -0.2) is 0 Å². The van der Waals surface area contributed by atoms with Gasteiger partial charge in [0, 0.05) is 31.9 Å². The maximum Gasteiger partial charge on any atom is 0.231 e. The van der Waals surface area contributed by atoms with Gasteiger partial charge in [-0.15, -0.1) is 0 Å². The standard InChI is InChI=1S/C17H20N6O2/c1-22-15-14(11-18-22)16(23-6-8-25-9-7-23)21-17(20-15)19-12-4-3-5-13(10-12)24-2/h3-5,10-11H,6-9H2,1-2H3,(H,19,20,21). The Labute approximate surface area is 145 Å². The number of fused-ring (bicyclic) bond motifs is 1. The summed E-state index contributed by atoms with van der Waals surface area (Å²) in [6.45, 7) is 3.01. The van der Waals surface area contributed by atoms with Crippen LogP contribution in [0.5, 0.6) is 5.75 Å². The average Bonchev–Trinajstić information content (AvgIpc) is 3.03. The SMILES string of the molecule is COc1cccc(Nc2nc(N3CCOCC3)c3cnn(C)c3n2)c1. The Morgan fingerprint density at radius 1 is 1.20 bits per heavy atom. The van der Waals surface area contributed by atoms with Crippen LogP contribution in [0.2, 0.25) is 0 Å². The van der Waals surface area contributed by atoms with Gasteiger partial charge in [-0.3, -0.25) is 4.68 Å². The second-order valence-corrected chi connectivity index (χ2v) is 5.83. The molecule has 8 nitrogen and oxygen atoms in total. The van der Waals surface area contributed by atoms with Gasteiger partial charge in [0.25, 0.3) is 0 Å². The summed E-state index contributed by atoms with van der Waals surface area (Å²) in [6.07, 6.45) is 1.81. The number of morpholine rings is 1. The van der Waals surface area contributed by atoms with E-state index in [1.807, 2.05) is 37.5 Å². The second-order valence-electron chi connectivity index (χ2n) is 5.83. The predicted molar refractivity (Wildman–Crippen MR) is 95.6 cm³/mol. The minimum atomic E-state index is 0.533. The largest absolute Gasteiger partial charge is 0.497 e. The summed E-state index contributed by atoms with van der Waals surface area (Å²) in [5, 5.41) is 8.55. The van der Waals surface area contributed by atoms with Crippen molar-refractivity contribution < 1.29 is 9.47 Å². The molecule has 2 aromatic heterocycles. The lowest BCUT2D eigenvalue weighted by Gasteiger charge is -2.28. The number of hydrogen-bond donors (Lipinski definition) is 1. The zero-order valence-electron chi connectivity index (χ0n) is 14.3. The van der Waals surface area contributed by atoms with E-state index in [2.05, 4.69) is 20.3 Å². The minimum absolute atomic E-state index is 0.533. The zero-order valence-corrected chi connectivity index (χ0v) is 14.3. The lowest BCUT2D eigenvalue weighted by atomic mass is 10.3. The number of rotatable bonds is 4. The van der Waals surface area contributed by atoms with Crippen LogP contribution < -0.4 is 15.0 Å². The smallest absolute Gasteiger partial charge is 0.231 e. The summed E-state index contributed by atoms with van der Waals surface area (Å²) < 4.78 is 12.5. The number of aryl methyl sites for hydroxylation is 1. The predicted octanol–water partition coefficient (Wildman–Crippen LogP) is 1.95. The first-order valence-electron chi connectivity index (χ1n) is 8.18. The zero-order chi connectivity index (χ0) is 17.2. The van der Waals surface area contributed by atoms with Crippen LogP contribution in [-0.4, -0.2) is 53.2 Å². The van der Waals surface area contributed by atoms with E-state index in [4.69, 9.17) is 14.5 Å². The number of aromatic nitrogens is 4. The third-order valence-electron chi connectivity index (χ3n) is 4.21. The molecule has 0 radical (unpaired) electrons. The Kier molecular flexibility index (Phi) is 4.10. The number of ether oxygens (including phenoxy) is 2. The highest BCUT2D eigenvalue weighted by Crippen LogP contribution is 2.27. The topological polar surface area (TPSA) is 77.3 Å². The number of benzene rings is 1. The van der Waals surface area contributed by atoms with Crippen molar-refractivity contribution >= 4 is 28.5 Å². The Balaban J connectivity index is 1.74. The molecule has 3 heterocycles. The molecule has 1 saturated heterocycles. The highest BCUT2D eigenvalue weighted by atomic mass is 16.5. The fourth-order valence-corrected chi connectivity index (χ4v) is 2.91. The maximum absolute atomic E-state index is 5.45. The third kappa shape index (κ3) is 3.08. The van der Waals surface area contributed by atoms with E-state index in [-0.39, 0.29) is 0 Å². The molecule has 0 atom stereocenters. The Morgan fingerprint density at radius 2 is 2.04 bits per heavy atom. The number of nitrogens with zero attached hydrogens (tertiary/aromatic N) is 5. The van der Waals surface area contributed by atoms with E-state index < -0.39 is 0 Å². The van der Waals surface area contributed by atoms with E-state index in [9.17, 15) is 0 Å². The summed E-state index contributed by atoms with van der Waals surface area (Å²) in [5.74, 6) is 2.19. The summed E-state index contributed by atoms with van der Waals surface area (Å²) in [5.41, 5.74) is 1.66. The molecule has 1 aromatic carbocycles. The van der Waals surface area contributed by atoms with Gasteiger partial charge in [0.2, 0.25) is 5.95 Å². The first-order chi connectivity index (χ1) is 12.2. The van der Waals surface area contributed by atoms with E-state index in [1.165, 1.54) is 0 Å². The first-order valence-corrected chi connectivity index (χ1v) is 8.18. The van der Waals surface area contributed by atoms with Crippen LogP contribution >= 0.6 is 0 Å². The molecule has 3 aromatic rings. The molecule has 130 valence electrons. The quantitative estimate of drug-likeness (QED) is 0.778.